The summed E-state index contributed by atoms with van der Waals surface area (Å²) < 4.78 is 7.42. The summed E-state index contributed by atoms with van der Waals surface area (Å²) in [5.41, 5.74) is 1.06. The van der Waals surface area contributed by atoms with Crippen molar-refractivity contribution >= 4 is 11.0 Å². The fourth-order valence-corrected chi connectivity index (χ4v) is 2.36. The Morgan fingerprint density at radius 3 is 2.89 bits per heavy atom. The minimum Gasteiger partial charge on any atom is -0.508 e. The lowest BCUT2D eigenvalue weighted by Crippen LogP contribution is -2.13. The Bertz CT molecular complexity index is 581. The molecule has 1 aliphatic heterocycles. The highest BCUT2D eigenvalue weighted by Crippen LogP contribution is 2.34. The van der Waals surface area contributed by atoms with Gasteiger partial charge >= 0.3 is 0 Å². The van der Waals surface area contributed by atoms with Gasteiger partial charge in [-0.15, -0.1) is 0 Å². The number of imidazole rings is 1. The second-order valence-corrected chi connectivity index (χ2v) is 4.46. The van der Waals surface area contributed by atoms with E-state index in [-0.39, 0.29) is 30.4 Å². The number of fused-ring (bicyclic) bond motifs is 1. The molecule has 2 heterocycles. The molecule has 0 amide bonds. The lowest BCUT2D eigenvalue weighted by atomic mass is 10.2. The van der Waals surface area contributed by atoms with Crippen molar-refractivity contribution in [2.45, 2.75) is 25.2 Å². The number of benzene rings is 1. The van der Waals surface area contributed by atoms with Crippen molar-refractivity contribution in [2.24, 2.45) is 0 Å². The minimum atomic E-state index is -0.214. The standard InChI is InChI=1S/C12H14N2O4/c15-5-8-1-2-11(18-8)14-6-13-12-9(14)3-7(16)4-10(12)17/h3-4,6,8,11,15-17H,1-2,5H2/t8-,11-/m0/s1. The van der Waals surface area contributed by atoms with Gasteiger partial charge in [0.2, 0.25) is 0 Å². The molecule has 2 aromatic rings. The normalized spacial score (nSPS) is 23.8. The number of phenolic OH excluding ortho intramolecular Hbond substituents is 2. The molecule has 0 saturated carbocycles. The SMILES string of the molecule is OC[C@@H]1CC[C@@H](n2cnc3c(O)cc(O)cc32)O1. The number of aromatic nitrogens is 2. The van der Waals surface area contributed by atoms with Crippen LogP contribution in [-0.4, -0.2) is 37.6 Å². The number of hydrogen-bond acceptors (Lipinski definition) is 5. The summed E-state index contributed by atoms with van der Waals surface area (Å²) in [7, 11) is 0. The number of hydrogen-bond donors (Lipinski definition) is 3. The molecule has 0 spiro atoms. The Balaban J connectivity index is 2.03. The Morgan fingerprint density at radius 2 is 2.17 bits per heavy atom. The molecule has 0 bridgehead atoms. The van der Waals surface area contributed by atoms with Crippen LogP contribution < -0.4 is 0 Å². The van der Waals surface area contributed by atoms with Crippen molar-refractivity contribution < 1.29 is 20.1 Å². The molecule has 18 heavy (non-hydrogen) atoms. The van der Waals surface area contributed by atoms with Crippen molar-refractivity contribution in [1.82, 2.24) is 9.55 Å². The maximum absolute atomic E-state index is 9.69. The third-order valence-electron chi connectivity index (χ3n) is 3.24. The second-order valence-electron chi connectivity index (χ2n) is 4.46. The van der Waals surface area contributed by atoms with E-state index in [0.717, 1.165) is 12.8 Å². The molecule has 0 unspecified atom stereocenters. The maximum atomic E-state index is 9.69. The largest absolute Gasteiger partial charge is 0.508 e. The first kappa shape index (κ1) is 11.3. The second kappa shape index (κ2) is 4.15. The minimum absolute atomic E-state index is 0.000367. The van der Waals surface area contributed by atoms with Crippen LogP contribution in [0.5, 0.6) is 11.5 Å². The van der Waals surface area contributed by atoms with E-state index in [4.69, 9.17) is 9.84 Å². The number of nitrogens with zero attached hydrogens (tertiary/aromatic N) is 2. The Kier molecular flexibility index (Phi) is 2.61. The van der Waals surface area contributed by atoms with E-state index in [1.165, 1.54) is 12.1 Å². The summed E-state index contributed by atoms with van der Waals surface area (Å²) in [4.78, 5) is 4.11. The van der Waals surface area contributed by atoms with Gasteiger partial charge < -0.3 is 24.6 Å². The average molecular weight is 250 g/mol. The lowest BCUT2D eigenvalue weighted by molar-refractivity contribution is -0.0204. The van der Waals surface area contributed by atoms with Crippen molar-refractivity contribution in [2.75, 3.05) is 6.61 Å². The van der Waals surface area contributed by atoms with Crippen LogP contribution in [0.2, 0.25) is 0 Å². The first-order valence-corrected chi connectivity index (χ1v) is 5.84. The summed E-state index contributed by atoms with van der Waals surface area (Å²) in [5, 5.41) is 28.3. The molecule has 1 aromatic carbocycles. The van der Waals surface area contributed by atoms with Gasteiger partial charge in [-0.3, -0.25) is 0 Å². The zero-order chi connectivity index (χ0) is 12.7. The molecule has 1 fully saturated rings. The summed E-state index contributed by atoms with van der Waals surface area (Å²) in [6.07, 6.45) is 2.76. The molecular weight excluding hydrogens is 236 g/mol. The molecule has 96 valence electrons. The average Bonchev–Trinajstić information content (AvgIpc) is 2.93. The molecule has 2 atom stereocenters. The number of aliphatic hydroxyl groups is 1. The maximum Gasteiger partial charge on any atom is 0.147 e. The molecular formula is C12H14N2O4. The van der Waals surface area contributed by atoms with Gasteiger partial charge in [0, 0.05) is 12.1 Å². The number of rotatable bonds is 2. The number of aromatic hydroxyl groups is 2. The van der Waals surface area contributed by atoms with E-state index in [9.17, 15) is 10.2 Å². The van der Waals surface area contributed by atoms with Crippen molar-refractivity contribution in [3.63, 3.8) is 0 Å². The highest BCUT2D eigenvalue weighted by molar-refractivity contribution is 5.83. The van der Waals surface area contributed by atoms with Crippen molar-refractivity contribution in [3.8, 4) is 11.5 Å². The molecule has 1 aromatic heterocycles. The van der Waals surface area contributed by atoms with Crippen LogP contribution in [0.1, 0.15) is 19.1 Å². The zero-order valence-corrected chi connectivity index (χ0v) is 9.65. The van der Waals surface area contributed by atoms with Crippen LogP contribution in [0.15, 0.2) is 18.5 Å². The first-order valence-electron chi connectivity index (χ1n) is 5.84. The van der Waals surface area contributed by atoms with Crippen molar-refractivity contribution in [3.05, 3.63) is 18.5 Å². The van der Waals surface area contributed by atoms with Crippen molar-refractivity contribution in [1.29, 1.82) is 0 Å². The van der Waals surface area contributed by atoms with Crippen LogP contribution in [-0.2, 0) is 4.74 Å². The van der Waals surface area contributed by atoms with E-state index in [2.05, 4.69) is 4.98 Å². The van der Waals surface area contributed by atoms with Crippen LogP contribution in [0.3, 0.4) is 0 Å². The van der Waals surface area contributed by atoms with Gasteiger partial charge in [-0.05, 0) is 12.8 Å². The van der Waals surface area contributed by atoms with Crippen LogP contribution in [0, 0.1) is 0 Å². The fraction of sp³-hybridized carbons (Fsp3) is 0.417. The van der Waals surface area contributed by atoms with Gasteiger partial charge in [-0.25, -0.2) is 4.98 Å². The third kappa shape index (κ3) is 1.70. The summed E-state index contributed by atoms with van der Waals surface area (Å²) >= 11 is 0. The summed E-state index contributed by atoms with van der Waals surface area (Å²) in [5.74, 6) is -0.0705. The van der Waals surface area contributed by atoms with E-state index >= 15 is 0 Å². The van der Waals surface area contributed by atoms with Gasteiger partial charge in [0.1, 0.15) is 23.2 Å². The van der Waals surface area contributed by atoms with E-state index < -0.39 is 0 Å². The lowest BCUT2D eigenvalue weighted by Gasteiger charge is -2.14. The number of ether oxygens (including phenoxy) is 1. The Hall–Kier alpha value is -1.79. The van der Waals surface area contributed by atoms with Gasteiger partial charge in [-0.2, -0.15) is 0 Å². The highest BCUT2D eigenvalue weighted by atomic mass is 16.5. The van der Waals surface area contributed by atoms with Gasteiger partial charge in [0.15, 0.2) is 0 Å². The quantitative estimate of drug-likeness (QED) is 0.743. The van der Waals surface area contributed by atoms with Crippen LogP contribution in [0.25, 0.3) is 11.0 Å². The topological polar surface area (TPSA) is 87.7 Å². The third-order valence-corrected chi connectivity index (χ3v) is 3.24. The highest BCUT2D eigenvalue weighted by Gasteiger charge is 2.27. The molecule has 0 radical (unpaired) electrons. The zero-order valence-electron chi connectivity index (χ0n) is 9.65. The Labute approximate surface area is 103 Å². The predicted molar refractivity (Wildman–Crippen MR) is 63.3 cm³/mol. The van der Waals surface area contributed by atoms with E-state index in [1.807, 2.05) is 0 Å². The van der Waals surface area contributed by atoms with Gasteiger partial charge in [0.25, 0.3) is 0 Å². The van der Waals surface area contributed by atoms with E-state index in [1.54, 1.807) is 10.9 Å². The molecule has 3 N–H and O–H groups in total. The van der Waals surface area contributed by atoms with E-state index in [0.29, 0.717) is 11.0 Å². The fourth-order valence-electron chi connectivity index (χ4n) is 2.36. The van der Waals surface area contributed by atoms with Crippen LogP contribution in [0.4, 0.5) is 0 Å². The van der Waals surface area contributed by atoms with Gasteiger partial charge in [0.05, 0.1) is 24.6 Å². The molecule has 6 nitrogen and oxygen atoms in total. The molecule has 6 heteroatoms. The smallest absolute Gasteiger partial charge is 0.147 e. The Morgan fingerprint density at radius 1 is 1.33 bits per heavy atom. The number of aliphatic hydroxyl groups excluding tert-OH is 1. The van der Waals surface area contributed by atoms with Gasteiger partial charge in [-0.1, -0.05) is 0 Å². The molecule has 3 rings (SSSR count). The summed E-state index contributed by atoms with van der Waals surface area (Å²) in [6, 6.07) is 2.80. The molecule has 0 aliphatic carbocycles. The molecule has 1 aliphatic rings. The predicted octanol–water partition coefficient (Wildman–Crippen LogP) is 1.12. The summed E-state index contributed by atoms with van der Waals surface area (Å²) in [6.45, 7) is -0.000367. The van der Waals surface area contributed by atoms with Crippen LogP contribution >= 0.6 is 0 Å². The first-order chi connectivity index (χ1) is 8.69. The monoisotopic (exact) mass is 250 g/mol. The number of phenols is 2. The molecule has 1 saturated heterocycles.